The number of ketones is 1. The fourth-order valence-corrected chi connectivity index (χ4v) is 5.02. The summed E-state index contributed by atoms with van der Waals surface area (Å²) in [4.78, 5) is 13.4. The Balaban J connectivity index is 1.62. The molecule has 1 fully saturated rings. The molecule has 24 heavy (non-hydrogen) atoms. The van der Waals surface area contributed by atoms with E-state index in [-0.39, 0.29) is 5.78 Å². The van der Waals surface area contributed by atoms with Gasteiger partial charge in [0, 0.05) is 22.6 Å². The van der Waals surface area contributed by atoms with Crippen molar-refractivity contribution in [3.8, 4) is 0 Å². The maximum absolute atomic E-state index is 12.6. The van der Waals surface area contributed by atoms with Crippen LogP contribution >= 0.6 is 0 Å². The first-order valence-electron chi connectivity index (χ1n) is 8.67. The zero-order chi connectivity index (χ0) is 16.9. The van der Waals surface area contributed by atoms with E-state index in [0.29, 0.717) is 24.0 Å². The third-order valence-corrected chi connectivity index (χ3v) is 6.54. The van der Waals surface area contributed by atoms with E-state index in [1.165, 1.54) is 5.56 Å². The molecule has 3 heteroatoms. The fourth-order valence-electron chi connectivity index (χ4n) is 3.56. The number of aryl methyl sites for hydroxylation is 1. The maximum atomic E-state index is 12.6. The Morgan fingerprint density at radius 3 is 2.38 bits per heavy atom. The smallest absolute Gasteiger partial charge is 0.163 e. The molecule has 3 atom stereocenters. The summed E-state index contributed by atoms with van der Waals surface area (Å²) < 4.78 is 12.6. The van der Waals surface area contributed by atoms with Gasteiger partial charge in [0.15, 0.2) is 5.78 Å². The van der Waals surface area contributed by atoms with Gasteiger partial charge in [-0.15, -0.1) is 0 Å². The summed E-state index contributed by atoms with van der Waals surface area (Å²) in [5.74, 6) is 1.65. The van der Waals surface area contributed by atoms with Crippen molar-refractivity contribution in [1.82, 2.24) is 0 Å². The highest BCUT2D eigenvalue weighted by Crippen LogP contribution is 2.36. The molecule has 0 amide bonds. The second kappa shape index (κ2) is 7.89. The number of Topliss-reactive ketones (excluding diaryl/α,β-unsaturated/α-hetero) is 1. The molecule has 0 aliphatic heterocycles. The molecule has 0 radical (unpaired) electrons. The summed E-state index contributed by atoms with van der Waals surface area (Å²) in [5.41, 5.74) is 1.98. The SMILES string of the molecule is Cc1ccc([S@](=O)C[C@H]2CCC[C@H]2CC(=O)c2ccccc2)cc1. The lowest BCUT2D eigenvalue weighted by Crippen LogP contribution is -2.19. The van der Waals surface area contributed by atoms with E-state index < -0.39 is 10.8 Å². The summed E-state index contributed by atoms with van der Waals surface area (Å²) in [6.45, 7) is 2.04. The molecule has 126 valence electrons. The van der Waals surface area contributed by atoms with Gasteiger partial charge in [0.25, 0.3) is 0 Å². The molecule has 0 unspecified atom stereocenters. The molecule has 3 rings (SSSR count). The second-order valence-corrected chi connectivity index (χ2v) is 8.27. The quantitative estimate of drug-likeness (QED) is 0.708. The predicted octanol–water partition coefficient (Wildman–Crippen LogP) is 4.79. The minimum atomic E-state index is -0.973. The number of carbonyl (C=O) groups is 1. The van der Waals surface area contributed by atoms with E-state index in [1.54, 1.807) is 0 Å². The van der Waals surface area contributed by atoms with E-state index in [9.17, 15) is 9.00 Å². The number of hydrogen-bond donors (Lipinski definition) is 0. The van der Waals surface area contributed by atoms with Gasteiger partial charge in [-0.2, -0.15) is 0 Å². The first-order chi connectivity index (χ1) is 11.6. The van der Waals surface area contributed by atoms with Crippen LogP contribution in [-0.2, 0) is 10.8 Å². The molecule has 1 aliphatic rings. The Morgan fingerprint density at radius 1 is 1.00 bits per heavy atom. The fraction of sp³-hybridized carbons (Fsp3) is 0.381. The van der Waals surface area contributed by atoms with Crippen molar-refractivity contribution in [2.24, 2.45) is 11.8 Å². The van der Waals surface area contributed by atoms with Crippen LogP contribution in [0.5, 0.6) is 0 Å². The first-order valence-corrected chi connectivity index (χ1v) is 9.98. The summed E-state index contributed by atoms with van der Waals surface area (Å²) >= 11 is 0. The van der Waals surface area contributed by atoms with Crippen LogP contribution in [0, 0.1) is 18.8 Å². The van der Waals surface area contributed by atoms with Crippen LogP contribution in [0.2, 0.25) is 0 Å². The van der Waals surface area contributed by atoms with Crippen molar-refractivity contribution in [2.75, 3.05) is 5.75 Å². The number of benzene rings is 2. The topological polar surface area (TPSA) is 34.1 Å². The molecule has 1 aliphatic carbocycles. The Kier molecular flexibility index (Phi) is 5.62. The lowest BCUT2D eigenvalue weighted by molar-refractivity contribution is 0.0953. The highest BCUT2D eigenvalue weighted by atomic mass is 32.2. The first kappa shape index (κ1) is 17.1. The van der Waals surface area contributed by atoms with Gasteiger partial charge in [0.2, 0.25) is 0 Å². The van der Waals surface area contributed by atoms with E-state index in [1.807, 2.05) is 61.5 Å². The summed E-state index contributed by atoms with van der Waals surface area (Å²) in [7, 11) is -0.973. The van der Waals surface area contributed by atoms with Crippen LogP contribution in [0.15, 0.2) is 59.5 Å². The molecule has 2 nitrogen and oxygen atoms in total. The van der Waals surface area contributed by atoms with E-state index in [2.05, 4.69) is 0 Å². The Labute approximate surface area is 146 Å². The summed E-state index contributed by atoms with van der Waals surface area (Å²) in [5, 5.41) is 0. The van der Waals surface area contributed by atoms with Crippen molar-refractivity contribution in [3.05, 3.63) is 65.7 Å². The zero-order valence-electron chi connectivity index (χ0n) is 14.1. The van der Waals surface area contributed by atoms with Gasteiger partial charge >= 0.3 is 0 Å². The molecule has 2 aromatic carbocycles. The van der Waals surface area contributed by atoms with Crippen molar-refractivity contribution >= 4 is 16.6 Å². The molecular formula is C21H24O2S. The monoisotopic (exact) mass is 340 g/mol. The predicted molar refractivity (Wildman–Crippen MR) is 98.7 cm³/mol. The zero-order valence-corrected chi connectivity index (χ0v) is 14.9. The average molecular weight is 340 g/mol. The lowest BCUT2D eigenvalue weighted by Gasteiger charge is -2.18. The highest BCUT2D eigenvalue weighted by molar-refractivity contribution is 7.85. The molecule has 2 aromatic rings. The standard InChI is InChI=1S/C21H24O2S/c1-16-10-12-20(13-11-16)24(23)15-19-9-5-8-18(19)14-21(22)17-6-3-2-4-7-17/h2-4,6-7,10-13,18-19H,5,8-9,14-15H2,1H3/t18-,19+,24+/m0/s1. The Hall–Kier alpha value is -1.74. The van der Waals surface area contributed by atoms with Gasteiger partial charge in [0.05, 0.1) is 10.8 Å². The van der Waals surface area contributed by atoms with Crippen molar-refractivity contribution in [3.63, 3.8) is 0 Å². The maximum Gasteiger partial charge on any atom is 0.163 e. The average Bonchev–Trinajstić information content (AvgIpc) is 3.03. The van der Waals surface area contributed by atoms with Crippen LogP contribution in [0.4, 0.5) is 0 Å². The third kappa shape index (κ3) is 4.21. The third-order valence-electron chi connectivity index (χ3n) is 5.01. The molecule has 0 aromatic heterocycles. The van der Waals surface area contributed by atoms with Crippen LogP contribution in [-0.4, -0.2) is 15.7 Å². The number of rotatable bonds is 6. The van der Waals surface area contributed by atoms with Gasteiger partial charge in [-0.05, 0) is 43.7 Å². The summed E-state index contributed by atoms with van der Waals surface area (Å²) in [6, 6.07) is 17.5. The normalized spacial score (nSPS) is 21.5. The van der Waals surface area contributed by atoms with Gasteiger partial charge in [-0.1, -0.05) is 54.4 Å². The molecule has 0 heterocycles. The van der Waals surface area contributed by atoms with Crippen molar-refractivity contribution < 1.29 is 9.00 Å². The van der Waals surface area contributed by atoms with Crippen molar-refractivity contribution in [1.29, 1.82) is 0 Å². The minimum absolute atomic E-state index is 0.216. The van der Waals surface area contributed by atoms with Gasteiger partial charge in [0.1, 0.15) is 0 Å². The van der Waals surface area contributed by atoms with Crippen LogP contribution in [0.1, 0.15) is 41.6 Å². The van der Waals surface area contributed by atoms with Gasteiger partial charge in [-0.25, -0.2) is 0 Å². The van der Waals surface area contributed by atoms with Gasteiger partial charge in [-0.3, -0.25) is 9.00 Å². The molecule has 0 saturated heterocycles. The second-order valence-electron chi connectivity index (χ2n) is 6.77. The minimum Gasteiger partial charge on any atom is -0.294 e. The molecule has 1 saturated carbocycles. The van der Waals surface area contributed by atoms with Crippen LogP contribution in [0.25, 0.3) is 0 Å². The Bertz CT molecular complexity index is 706. The van der Waals surface area contributed by atoms with E-state index in [4.69, 9.17) is 0 Å². The Morgan fingerprint density at radius 2 is 1.67 bits per heavy atom. The van der Waals surface area contributed by atoms with Crippen molar-refractivity contribution in [2.45, 2.75) is 37.5 Å². The summed E-state index contributed by atoms with van der Waals surface area (Å²) in [6.07, 6.45) is 3.89. The van der Waals surface area contributed by atoms with Gasteiger partial charge < -0.3 is 0 Å². The van der Waals surface area contributed by atoms with E-state index >= 15 is 0 Å². The number of hydrogen-bond acceptors (Lipinski definition) is 2. The molecule has 0 spiro atoms. The lowest BCUT2D eigenvalue weighted by atomic mass is 9.90. The largest absolute Gasteiger partial charge is 0.294 e. The van der Waals surface area contributed by atoms with Crippen LogP contribution in [0.3, 0.4) is 0 Å². The number of carbonyl (C=O) groups excluding carboxylic acids is 1. The molecule has 0 N–H and O–H groups in total. The van der Waals surface area contributed by atoms with Crippen LogP contribution < -0.4 is 0 Å². The molecule has 0 bridgehead atoms. The molecular weight excluding hydrogens is 316 g/mol. The van der Waals surface area contributed by atoms with E-state index in [0.717, 1.165) is 29.7 Å². The highest BCUT2D eigenvalue weighted by Gasteiger charge is 2.30.